The molecule has 30 heavy (non-hydrogen) atoms. The van der Waals surface area contributed by atoms with Gasteiger partial charge in [-0.1, -0.05) is 55.8 Å². The van der Waals surface area contributed by atoms with E-state index in [2.05, 4.69) is 47.9 Å². The number of rotatable bonds is 7. The molecule has 3 aromatic carbocycles. The predicted octanol–water partition coefficient (Wildman–Crippen LogP) is 5.97. The van der Waals surface area contributed by atoms with E-state index in [0.717, 1.165) is 59.5 Å². The van der Waals surface area contributed by atoms with E-state index in [-0.39, 0.29) is 0 Å². The Morgan fingerprint density at radius 1 is 1.03 bits per heavy atom. The third kappa shape index (κ3) is 3.92. The normalized spacial score (nSPS) is 10.8. The van der Waals surface area contributed by atoms with Gasteiger partial charge in [0, 0.05) is 19.0 Å². The van der Waals surface area contributed by atoms with Gasteiger partial charge in [0.05, 0.1) is 29.8 Å². The van der Waals surface area contributed by atoms with Crippen LogP contribution in [0.15, 0.2) is 66.7 Å². The van der Waals surface area contributed by atoms with Gasteiger partial charge in [0.15, 0.2) is 0 Å². The Morgan fingerprint density at radius 2 is 1.83 bits per heavy atom. The number of nitriles is 1. The summed E-state index contributed by atoms with van der Waals surface area (Å²) >= 11 is 0. The molecule has 1 heterocycles. The average Bonchev–Trinajstić information content (AvgIpc) is 3.14. The number of aromatic nitrogens is 2. The number of imidazole rings is 1. The monoisotopic (exact) mass is 395 g/mol. The number of nitrogens with zero attached hydrogens (tertiary/aromatic N) is 3. The number of fused-ring (bicyclic) bond motifs is 1. The van der Waals surface area contributed by atoms with Crippen LogP contribution in [0.25, 0.3) is 22.2 Å². The number of hydrogen-bond donors (Lipinski definition) is 0. The summed E-state index contributed by atoms with van der Waals surface area (Å²) < 4.78 is 7.68. The van der Waals surface area contributed by atoms with Crippen molar-refractivity contribution in [3.8, 4) is 22.9 Å². The third-order valence-electron chi connectivity index (χ3n) is 5.44. The van der Waals surface area contributed by atoms with Gasteiger partial charge in [-0.15, -0.1) is 0 Å². The second kappa shape index (κ2) is 8.84. The van der Waals surface area contributed by atoms with Crippen molar-refractivity contribution in [2.75, 3.05) is 7.11 Å². The van der Waals surface area contributed by atoms with Crippen LogP contribution in [0.2, 0.25) is 0 Å². The smallest absolute Gasteiger partial charge is 0.121 e. The van der Waals surface area contributed by atoms with Crippen LogP contribution in [0.4, 0.5) is 0 Å². The van der Waals surface area contributed by atoms with Crippen molar-refractivity contribution in [3.63, 3.8) is 0 Å². The lowest BCUT2D eigenvalue weighted by Gasteiger charge is -2.11. The van der Waals surface area contributed by atoms with Crippen LogP contribution in [-0.2, 0) is 13.0 Å². The molecular weight excluding hydrogens is 370 g/mol. The summed E-state index contributed by atoms with van der Waals surface area (Å²) in [4.78, 5) is 4.89. The molecule has 0 aliphatic heterocycles. The van der Waals surface area contributed by atoms with Crippen molar-refractivity contribution in [2.45, 2.75) is 32.7 Å². The van der Waals surface area contributed by atoms with E-state index < -0.39 is 0 Å². The van der Waals surface area contributed by atoms with Gasteiger partial charge in [-0.25, -0.2) is 4.98 Å². The molecule has 0 saturated heterocycles. The van der Waals surface area contributed by atoms with E-state index in [0.29, 0.717) is 5.56 Å². The molecule has 0 atom stereocenters. The molecular formula is C26H25N3O. The second-order valence-corrected chi connectivity index (χ2v) is 7.43. The van der Waals surface area contributed by atoms with E-state index in [1.165, 1.54) is 5.56 Å². The summed E-state index contributed by atoms with van der Waals surface area (Å²) in [5.74, 6) is 1.94. The Morgan fingerprint density at radius 3 is 2.57 bits per heavy atom. The van der Waals surface area contributed by atoms with Gasteiger partial charge in [0.25, 0.3) is 0 Å². The van der Waals surface area contributed by atoms with E-state index in [4.69, 9.17) is 9.72 Å². The highest BCUT2D eigenvalue weighted by atomic mass is 16.5. The van der Waals surface area contributed by atoms with Gasteiger partial charge in [0.2, 0.25) is 0 Å². The number of benzene rings is 3. The zero-order valence-corrected chi connectivity index (χ0v) is 17.4. The molecule has 150 valence electrons. The minimum Gasteiger partial charge on any atom is -0.497 e. The van der Waals surface area contributed by atoms with Gasteiger partial charge in [-0.05, 0) is 41.3 Å². The molecule has 0 amide bonds. The van der Waals surface area contributed by atoms with Crippen LogP contribution in [0.3, 0.4) is 0 Å². The van der Waals surface area contributed by atoms with Crippen molar-refractivity contribution >= 4 is 11.0 Å². The molecule has 4 rings (SSSR count). The van der Waals surface area contributed by atoms with Crippen molar-refractivity contribution < 1.29 is 4.74 Å². The third-order valence-corrected chi connectivity index (χ3v) is 5.44. The van der Waals surface area contributed by atoms with Crippen LogP contribution in [0.1, 0.15) is 36.7 Å². The standard InChI is InChI=1S/C26H25N3O/c1-3-4-9-26-28-24-16-22(30-2)14-15-25(24)29(26)18-19-10-12-20(13-11-19)23-8-6-5-7-21(23)17-27/h5-8,10-16H,3-4,9,18H2,1-2H3. The Labute approximate surface area is 177 Å². The van der Waals surface area contributed by atoms with Crippen LogP contribution in [0, 0.1) is 11.3 Å². The minimum absolute atomic E-state index is 0.696. The van der Waals surface area contributed by atoms with Crippen molar-refractivity contribution in [1.82, 2.24) is 9.55 Å². The van der Waals surface area contributed by atoms with Crippen LogP contribution >= 0.6 is 0 Å². The Balaban J connectivity index is 1.67. The molecule has 0 spiro atoms. The molecule has 0 saturated carbocycles. The molecule has 0 N–H and O–H groups in total. The quantitative estimate of drug-likeness (QED) is 0.387. The van der Waals surface area contributed by atoms with Gasteiger partial charge in [0.1, 0.15) is 11.6 Å². The summed E-state index contributed by atoms with van der Waals surface area (Å²) in [6.45, 7) is 2.97. The first-order valence-electron chi connectivity index (χ1n) is 10.3. The number of aryl methyl sites for hydroxylation is 1. The number of unbranched alkanes of at least 4 members (excludes halogenated alkanes) is 1. The molecule has 0 radical (unpaired) electrons. The molecule has 4 aromatic rings. The molecule has 0 unspecified atom stereocenters. The lowest BCUT2D eigenvalue weighted by atomic mass is 9.99. The molecule has 0 aliphatic carbocycles. The Hall–Kier alpha value is -3.58. The summed E-state index contributed by atoms with van der Waals surface area (Å²) in [5.41, 5.74) is 6.03. The molecule has 1 aromatic heterocycles. The fourth-order valence-corrected chi connectivity index (χ4v) is 3.79. The van der Waals surface area contributed by atoms with Gasteiger partial charge >= 0.3 is 0 Å². The fraction of sp³-hybridized carbons (Fsp3) is 0.231. The zero-order chi connectivity index (χ0) is 20.9. The summed E-state index contributed by atoms with van der Waals surface area (Å²) in [7, 11) is 1.68. The fourth-order valence-electron chi connectivity index (χ4n) is 3.79. The van der Waals surface area contributed by atoms with E-state index in [1.54, 1.807) is 7.11 Å². The highest BCUT2D eigenvalue weighted by Crippen LogP contribution is 2.26. The lowest BCUT2D eigenvalue weighted by Crippen LogP contribution is -2.05. The van der Waals surface area contributed by atoms with Gasteiger partial charge in [-0.3, -0.25) is 0 Å². The minimum atomic E-state index is 0.696. The average molecular weight is 396 g/mol. The summed E-state index contributed by atoms with van der Waals surface area (Å²) in [5, 5.41) is 9.38. The summed E-state index contributed by atoms with van der Waals surface area (Å²) in [6, 6.07) is 24.6. The van der Waals surface area contributed by atoms with Crippen LogP contribution in [0.5, 0.6) is 5.75 Å². The highest BCUT2D eigenvalue weighted by Gasteiger charge is 2.12. The van der Waals surface area contributed by atoms with E-state index >= 15 is 0 Å². The maximum absolute atomic E-state index is 9.38. The topological polar surface area (TPSA) is 50.8 Å². The number of hydrogen-bond acceptors (Lipinski definition) is 3. The first kappa shape index (κ1) is 19.7. The number of ether oxygens (including phenoxy) is 1. The van der Waals surface area contributed by atoms with Crippen LogP contribution in [-0.4, -0.2) is 16.7 Å². The maximum atomic E-state index is 9.38. The summed E-state index contributed by atoms with van der Waals surface area (Å²) in [6.07, 6.45) is 3.21. The Bertz CT molecular complexity index is 1200. The second-order valence-electron chi connectivity index (χ2n) is 7.43. The molecule has 0 aliphatic rings. The van der Waals surface area contributed by atoms with Gasteiger partial charge < -0.3 is 9.30 Å². The molecule has 4 nitrogen and oxygen atoms in total. The highest BCUT2D eigenvalue weighted by molar-refractivity contribution is 5.78. The SMILES string of the molecule is CCCCc1nc2cc(OC)ccc2n1Cc1ccc(-c2ccccc2C#N)cc1. The molecule has 4 heteroatoms. The lowest BCUT2D eigenvalue weighted by molar-refractivity contribution is 0.415. The van der Waals surface area contributed by atoms with Crippen molar-refractivity contribution in [1.29, 1.82) is 5.26 Å². The first-order valence-corrected chi connectivity index (χ1v) is 10.3. The Kier molecular flexibility index (Phi) is 5.81. The molecule has 0 bridgehead atoms. The van der Waals surface area contributed by atoms with E-state index in [1.807, 2.05) is 36.4 Å². The van der Waals surface area contributed by atoms with Crippen LogP contribution < -0.4 is 4.74 Å². The van der Waals surface area contributed by atoms with E-state index in [9.17, 15) is 5.26 Å². The molecule has 0 fully saturated rings. The zero-order valence-electron chi connectivity index (χ0n) is 17.4. The largest absolute Gasteiger partial charge is 0.497 e. The predicted molar refractivity (Wildman–Crippen MR) is 121 cm³/mol. The first-order chi connectivity index (χ1) is 14.7. The van der Waals surface area contributed by atoms with Gasteiger partial charge in [-0.2, -0.15) is 5.26 Å². The maximum Gasteiger partial charge on any atom is 0.121 e. The van der Waals surface area contributed by atoms with Crippen molar-refractivity contribution in [2.24, 2.45) is 0 Å². The number of methoxy groups -OCH3 is 1. The van der Waals surface area contributed by atoms with Crippen molar-refractivity contribution in [3.05, 3.63) is 83.7 Å².